The minimum atomic E-state index is -3.15. The number of hydrogen-bond acceptors (Lipinski definition) is 5. The van der Waals surface area contributed by atoms with Gasteiger partial charge in [0, 0.05) is 23.2 Å². The zero-order valence-electron chi connectivity index (χ0n) is 13.1. The first-order valence-corrected chi connectivity index (χ1v) is 7.53. The molecule has 6 nitrogen and oxygen atoms in total. The summed E-state index contributed by atoms with van der Waals surface area (Å²) >= 11 is 6.06. The first-order chi connectivity index (χ1) is 11.7. The average Bonchev–Trinajstić information content (AvgIpc) is 2.53. The zero-order chi connectivity index (χ0) is 18.6. The SMILES string of the molecule is CC(O)(CNc1ccc([N+](=O)[O-])cc1OC(F)F)c1ccccc1Cl. The second-order valence-corrected chi connectivity index (χ2v) is 5.83. The van der Waals surface area contributed by atoms with Gasteiger partial charge in [0.25, 0.3) is 5.69 Å². The van der Waals surface area contributed by atoms with Crippen molar-refractivity contribution in [3.8, 4) is 5.75 Å². The van der Waals surface area contributed by atoms with Crippen LogP contribution in [0.5, 0.6) is 5.75 Å². The molecule has 25 heavy (non-hydrogen) atoms. The number of rotatable bonds is 7. The molecule has 2 N–H and O–H groups in total. The Kier molecular flexibility index (Phi) is 5.76. The highest BCUT2D eigenvalue weighted by Gasteiger charge is 2.26. The summed E-state index contributed by atoms with van der Waals surface area (Å²) in [5.74, 6) is -0.390. The van der Waals surface area contributed by atoms with Crippen LogP contribution < -0.4 is 10.1 Å². The zero-order valence-corrected chi connectivity index (χ0v) is 13.8. The van der Waals surface area contributed by atoms with E-state index in [4.69, 9.17) is 11.6 Å². The number of nitrogens with zero attached hydrogens (tertiary/aromatic N) is 1. The molecule has 0 aliphatic heterocycles. The van der Waals surface area contributed by atoms with Crippen LogP contribution in [0, 0.1) is 10.1 Å². The van der Waals surface area contributed by atoms with Crippen molar-refractivity contribution in [2.75, 3.05) is 11.9 Å². The van der Waals surface area contributed by atoms with Crippen LogP contribution in [0.3, 0.4) is 0 Å². The molecule has 0 saturated heterocycles. The van der Waals surface area contributed by atoms with E-state index < -0.39 is 17.1 Å². The molecule has 1 unspecified atom stereocenters. The fourth-order valence-electron chi connectivity index (χ4n) is 2.22. The predicted molar refractivity (Wildman–Crippen MR) is 89.2 cm³/mol. The maximum atomic E-state index is 12.5. The summed E-state index contributed by atoms with van der Waals surface area (Å²) in [7, 11) is 0. The topological polar surface area (TPSA) is 84.6 Å². The number of nitro benzene ring substituents is 1. The van der Waals surface area contributed by atoms with E-state index in [0.29, 0.717) is 10.6 Å². The summed E-state index contributed by atoms with van der Waals surface area (Å²) in [5.41, 5.74) is -1.28. The van der Waals surface area contributed by atoms with E-state index in [1.54, 1.807) is 24.3 Å². The lowest BCUT2D eigenvalue weighted by Gasteiger charge is -2.26. The number of benzene rings is 2. The molecule has 0 aromatic heterocycles. The van der Waals surface area contributed by atoms with Crippen molar-refractivity contribution in [1.29, 1.82) is 0 Å². The highest BCUT2D eigenvalue weighted by molar-refractivity contribution is 6.31. The lowest BCUT2D eigenvalue weighted by molar-refractivity contribution is -0.385. The predicted octanol–water partition coefficient (Wildman–Crippen LogP) is 4.17. The van der Waals surface area contributed by atoms with Crippen molar-refractivity contribution in [1.82, 2.24) is 0 Å². The van der Waals surface area contributed by atoms with Crippen LogP contribution in [0.25, 0.3) is 0 Å². The molecule has 0 fully saturated rings. The normalized spacial score (nSPS) is 13.4. The van der Waals surface area contributed by atoms with Gasteiger partial charge in [-0.05, 0) is 19.1 Å². The molecule has 0 aliphatic rings. The van der Waals surface area contributed by atoms with E-state index in [9.17, 15) is 24.0 Å². The van der Waals surface area contributed by atoms with Gasteiger partial charge in [0.15, 0.2) is 5.75 Å². The standard InChI is InChI=1S/C16H15ClF2N2O4/c1-16(22,11-4-2-3-5-12(11)17)9-20-13-7-6-10(21(23)24)8-14(13)25-15(18)19/h2-8,15,20,22H,9H2,1H3. The Bertz CT molecular complexity index is 772. The highest BCUT2D eigenvalue weighted by Crippen LogP contribution is 2.33. The summed E-state index contributed by atoms with van der Waals surface area (Å²) in [4.78, 5) is 10.1. The fraction of sp³-hybridized carbons (Fsp3) is 0.250. The molecule has 0 spiro atoms. The molecule has 2 rings (SSSR count). The van der Waals surface area contributed by atoms with E-state index >= 15 is 0 Å². The maximum absolute atomic E-state index is 12.5. The molecule has 2 aromatic carbocycles. The number of anilines is 1. The van der Waals surface area contributed by atoms with Gasteiger partial charge in [0.05, 0.1) is 16.7 Å². The van der Waals surface area contributed by atoms with E-state index in [0.717, 1.165) is 12.1 Å². The van der Waals surface area contributed by atoms with Gasteiger partial charge in [0.1, 0.15) is 5.60 Å². The number of halogens is 3. The Morgan fingerprint density at radius 3 is 2.64 bits per heavy atom. The third kappa shape index (κ3) is 4.77. The summed E-state index contributed by atoms with van der Waals surface area (Å²) < 4.78 is 29.4. The van der Waals surface area contributed by atoms with Crippen molar-refractivity contribution in [3.05, 3.63) is 63.2 Å². The Balaban J connectivity index is 2.24. The Morgan fingerprint density at radius 2 is 2.04 bits per heavy atom. The molecule has 0 heterocycles. The average molecular weight is 373 g/mol. The van der Waals surface area contributed by atoms with Crippen LogP contribution in [0.4, 0.5) is 20.2 Å². The van der Waals surface area contributed by atoms with Gasteiger partial charge in [0.2, 0.25) is 0 Å². The van der Waals surface area contributed by atoms with Gasteiger partial charge in [-0.2, -0.15) is 8.78 Å². The number of nitro groups is 1. The lowest BCUT2D eigenvalue weighted by atomic mass is 9.96. The first kappa shape index (κ1) is 18.9. The van der Waals surface area contributed by atoms with Crippen molar-refractivity contribution < 1.29 is 23.5 Å². The van der Waals surface area contributed by atoms with Gasteiger partial charge in [-0.15, -0.1) is 0 Å². The van der Waals surface area contributed by atoms with Gasteiger partial charge < -0.3 is 15.2 Å². The van der Waals surface area contributed by atoms with Gasteiger partial charge in [-0.25, -0.2) is 0 Å². The molecular weight excluding hydrogens is 358 g/mol. The minimum Gasteiger partial charge on any atom is -0.432 e. The van der Waals surface area contributed by atoms with Crippen LogP contribution in [0.15, 0.2) is 42.5 Å². The van der Waals surface area contributed by atoms with E-state index in [-0.39, 0.29) is 23.7 Å². The lowest BCUT2D eigenvalue weighted by Crippen LogP contribution is -2.31. The Labute approximate surface area is 147 Å². The van der Waals surface area contributed by atoms with E-state index in [2.05, 4.69) is 10.1 Å². The molecule has 0 amide bonds. The smallest absolute Gasteiger partial charge is 0.387 e. The highest BCUT2D eigenvalue weighted by atomic mass is 35.5. The molecule has 2 aromatic rings. The van der Waals surface area contributed by atoms with Crippen LogP contribution in [0.2, 0.25) is 5.02 Å². The summed E-state index contributed by atoms with van der Waals surface area (Å²) in [5, 5.41) is 24.5. The summed E-state index contributed by atoms with van der Waals surface area (Å²) in [6, 6.07) is 9.92. The van der Waals surface area contributed by atoms with Gasteiger partial charge in [-0.3, -0.25) is 10.1 Å². The maximum Gasteiger partial charge on any atom is 0.387 e. The largest absolute Gasteiger partial charge is 0.432 e. The van der Waals surface area contributed by atoms with E-state index in [1.807, 2.05) is 0 Å². The second-order valence-electron chi connectivity index (χ2n) is 5.42. The molecule has 0 bridgehead atoms. The first-order valence-electron chi connectivity index (χ1n) is 7.15. The third-order valence-corrected chi connectivity index (χ3v) is 3.80. The van der Waals surface area contributed by atoms with Crippen LogP contribution in [-0.4, -0.2) is 23.2 Å². The van der Waals surface area contributed by atoms with Crippen molar-refractivity contribution in [2.45, 2.75) is 19.1 Å². The van der Waals surface area contributed by atoms with Crippen LogP contribution >= 0.6 is 11.6 Å². The van der Waals surface area contributed by atoms with Gasteiger partial charge in [-0.1, -0.05) is 29.8 Å². The number of ether oxygens (including phenoxy) is 1. The minimum absolute atomic E-state index is 0.0817. The van der Waals surface area contributed by atoms with Crippen molar-refractivity contribution in [3.63, 3.8) is 0 Å². The molecular formula is C16H15ClF2N2O4. The van der Waals surface area contributed by atoms with E-state index in [1.165, 1.54) is 13.0 Å². The number of aliphatic hydroxyl groups is 1. The second kappa shape index (κ2) is 7.62. The third-order valence-electron chi connectivity index (χ3n) is 3.47. The van der Waals surface area contributed by atoms with Crippen molar-refractivity contribution in [2.24, 2.45) is 0 Å². The summed E-state index contributed by atoms with van der Waals surface area (Å²) in [6.07, 6.45) is 0. The molecule has 0 saturated carbocycles. The molecule has 0 aliphatic carbocycles. The number of alkyl halides is 2. The quantitative estimate of drug-likeness (QED) is 0.563. The van der Waals surface area contributed by atoms with Crippen LogP contribution in [-0.2, 0) is 5.60 Å². The van der Waals surface area contributed by atoms with Crippen LogP contribution in [0.1, 0.15) is 12.5 Å². The molecule has 1 atom stereocenters. The summed E-state index contributed by atoms with van der Waals surface area (Å²) in [6.45, 7) is -1.74. The monoisotopic (exact) mass is 372 g/mol. The van der Waals surface area contributed by atoms with Gasteiger partial charge >= 0.3 is 6.61 Å². The molecule has 134 valence electrons. The molecule has 0 radical (unpaired) electrons. The Morgan fingerprint density at radius 1 is 1.36 bits per heavy atom. The number of non-ortho nitro benzene ring substituents is 1. The van der Waals surface area contributed by atoms with Crippen molar-refractivity contribution >= 4 is 23.0 Å². The fourth-order valence-corrected chi connectivity index (χ4v) is 2.56. The number of nitrogens with one attached hydrogen (secondary N) is 1. The Hall–Kier alpha value is -2.45. The molecule has 9 heteroatoms. The number of hydrogen-bond donors (Lipinski definition) is 2.